The molecule has 6 heteroatoms. The van der Waals surface area contributed by atoms with Crippen molar-refractivity contribution in [1.29, 1.82) is 0 Å². The summed E-state index contributed by atoms with van der Waals surface area (Å²) >= 11 is 2.17. The Balaban J connectivity index is 2.16. The third-order valence-electron chi connectivity index (χ3n) is 3.85. The van der Waals surface area contributed by atoms with Gasteiger partial charge in [0.15, 0.2) is 6.10 Å². The van der Waals surface area contributed by atoms with Crippen LogP contribution in [0.1, 0.15) is 29.6 Å². The molecule has 0 aliphatic heterocycles. The topological polar surface area (TPSA) is 61.8 Å². The fourth-order valence-corrected chi connectivity index (χ4v) is 2.93. The lowest BCUT2D eigenvalue weighted by molar-refractivity contribution is -0.140. The molecule has 1 unspecified atom stereocenters. The molecule has 0 fully saturated rings. The van der Waals surface area contributed by atoms with Gasteiger partial charge in [-0.25, -0.2) is 0 Å². The Hall–Kier alpha value is -2.09. The first-order valence-electron chi connectivity index (χ1n) is 8.21. The zero-order chi connectivity index (χ0) is 18.9. The summed E-state index contributed by atoms with van der Waals surface area (Å²) in [6.45, 7) is 0. The molecule has 0 saturated carbocycles. The van der Waals surface area contributed by atoms with Gasteiger partial charge < -0.3 is 14.2 Å². The van der Waals surface area contributed by atoms with Crippen LogP contribution in [0.3, 0.4) is 0 Å². The molecule has 0 saturated heterocycles. The minimum absolute atomic E-state index is 0.128. The molecule has 2 aromatic rings. The predicted octanol–water partition coefficient (Wildman–Crippen LogP) is 4.27. The van der Waals surface area contributed by atoms with E-state index in [-0.39, 0.29) is 18.2 Å². The van der Waals surface area contributed by atoms with Gasteiger partial charge in [-0.1, -0.05) is 12.1 Å². The maximum atomic E-state index is 12.9. The first kappa shape index (κ1) is 20.2. The molecular formula is C20H21IO5. The summed E-state index contributed by atoms with van der Waals surface area (Å²) in [5.41, 5.74) is 0.541. The lowest BCUT2D eigenvalue weighted by Crippen LogP contribution is -2.28. The lowest BCUT2D eigenvalue weighted by atomic mass is 10.0. The Morgan fingerprint density at radius 2 is 1.73 bits per heavy atom. The van der Waals surface area contributed by atoms with Gasteiger partial charge in [0, 0.05) is 12.0 Å². The lowest BCUT2D eigenvalue weighted by Gasteiger charge is -2.19. The van der Waals surface area contributed by atoms with Gasteiger partial charge in [-0.2, -0.15) is 0 Å². The minimum atomic E-state index is -0.677. The zero-order valence-electron chi connectivity index (χ0n) is 14.7. The van der Waals surface area contributed by atoms with Crippen molar-refractivity contribution in [3.8, 4) is 11.5 Å². The summed E-state index contributed by atoms with van der Waals surface area (Å²) in [4.78, 5) is 24.3. The van der Waals surface area contributed by atoms with Crippen LogP contribution in [0.5, 0.6) is 11.5 Å². The first-order chi connectivity index (χ1) is 12.5. The number of ketones is 1. The van der Waals surface area contributed by atoms with E-state index in [4.69, 9.17) is 9.47 Å². The monoisotopic (exact) mass is 468 g/mol. The summed E-state index contributed by atoms with van der Waals surface area (Å²) in [6.07, 6.45) is 0.495. The van der Waals surface area contributed by atoms with Crippen LogP contribution in [0.4, 0.5) is 0 Å². The van der Waals surface area contributed by atoms with Gasteiger partial charge >= 0.3 is 5.97 Å². The molecule has 0 radical (unpaired) electrons. The van der Waals surface area contributed by atoms with Gasteiger partial charge in [-0.15, -0.1) is 0 Å². The molecule has 0 bridgehead atoms. The molecule has 1 atom stereocenters. The maximum absolute atomic E-state index is 12.9. The average molecular weight is 468 g/mol. The smallest absolute Gasteiger partial charge is 0.305 e. The molecular weight excluding hydrogens is 447 g/mol. The molecule has 0 heterocycles. The third kappa shape index (κ3) is 5.72. The van der Waals surface area contributed by atoms with Gasteiger partial charge in [-0.3, -0.25) is 9.59 Å². The van der Waals surface area contributed by atoms with Crippen molar-refractivity contribution in [3.63, 3.8) is 0 Å². The largest absolute Gasteiger partial charge is 0.497 e. The average Bonchev–Trinajstić information content (AvgIpc) is 2.68. The van der Waals surface area contributed by atoms with E-state index in [9.17, 15) is 9.59 Å². The van der Waals surface area contributed by atoms with Crippen molar-refractivity contribution in [2.45, 2.75) is 25.4 Å². The van der Waals surface area contributed by atoms with Crippen molar-refractivity contribution in [2.75, 3.05) is 14.2 Å². The normalized spacial score (nSPS) is 11.5. The van der Waals surface area contributed by atoms with E-state index in [2.05, 4.69) is 27.3 Å². The number of Topliss-reactive ketones (excluding diaryl/α,β-unsaturated/α-hetero) is 1. The number of carbonyl (C=O) groups is 2. The number of halogens is 1. The number of para-hydroxylation sites is 1. The summed E-state index contributed by atoms with van der Waals surface area (Å²) in [7, 11) is 2.93. The van der Waals surface area contributed by atoms with Crippen LogP contribution in [0.2, 0.25) is 0 Å². The maximum Gasteiger partial charge on any atom is 0.305 e. The van der Waals surface area contributed by atoms with E-state index in [1.54, 1.807) is 31.4 Å². The molecule has 0 aliphatic carbocycles. The van der Waals surface area contributed by atoms with Crippen LogP contribution < -0.4 is 9.47 Å². The highest BCUT2D eigenvalue weighted by Crippen LogP contribution is 2.24. The molecule has 0 amide bonds. The summed E-state index contributed by atoms with van der Waals surface area (Å²) in [5, 5.41) is 0. The van der Waals surface area contributed by atoms with E-state index < -0.39 is 6.10 Å². The molecule has 138 valence electrons. The number of esters is 1. The van der Waals surface area contributed by atoms with Crippen LogP contribution in [0.15, 0.2) is 48.5 Å². The Morgan fingerprint density at radius 1 is 1.04 bits per heavy atom. The predicted molar refractivity (Wildman–Crippen MR) is 107 cm³/mol. The molecule has 2 rings (SSSR count). The molecule has 26 heavy (non-hydrogen) atoms. The van der Waals surface area contributed by atoms with Crippen molar-refractivity contribution < 1.29 is 23.8 Å². The van der Waals surface area contributed by atoms with Crippen molar-refractivity contribution in [2.24, 2.45) is 0 Å². The van der Waals surface area contributed by atoms with Gasteiger partial charge in [0.2, 0.25) is 5.78 Å². The fraction of sp³-hybridized carbons (Fsp3) is 0.300. The van der Waals surface area contributed by atoms with Gasteiger partial charge in [-0.05, 0) is 71.8 Å². The van der Waals surface area contributed by atoms with Gasteiger partial charge in [0.05, 0.1) is 17.8 Å². The zero-order valence-corrected chi connectivity index (χ0v) is 16.9. The Morgan fingerprint density at radius 3 is 2.35 bits per heavy atom. The number of methoxy groups -OCH3 is 2. The Labute approximate surface area is 166 Å². The minimum Gasteiger partial charge on any atom is -0.497 e. The summed E-state index contributed by atoms with van der Waals surface area (Å²) in [6, 6.07) is 14.4. The second-order valence-electron chi connectivity index (χ2n) is 5.60. The Kier molecular flexibility index (Phi) is 7.90. The standard InChI is InChI=1S/C20H21IO5/c1-24-15-12-10-14(11-13-15)20(23)18(8-5-9-19(22)25-2)26-17-7-4-3-6-16(17)21/h3-4,6-7,10-13,18H,5,8-9H2,1-2H3. The second kappa shape index (κ2) is 10.2. The highest BCUT2D eigenvalue weighted by Gasteiger charge is 2.23. The number of ether oxygens (including phenoxy) is 3. The van der Waals surface area contributed by atoms with Crippen molar-refractivity contribution in [1.82, 2.24) is 0 Å². The quantitative estimate of drug-likeness (QED) is 0.313. The first-order valence-corrected chi connectivity index (χ1v) is 9.29. The fourth-order valence-electron chi connectivity index (χ4n) is 2.41. The van der Waals surface area contributed by atoms with E-state index in [1.165, 1.54) is 7.11 Å². The molecule has 0 aromatic heterocycles. The number of rotatable bonds is 9. The highest BCUT2D eigenvalue weighted by molar-refractivity contribution is 14.1. The Bertz CT molecular complexity index is 742. The van der Waals surface area contributed by atoms with Gasteiger partial charge in [0.1, 0.15) is 11.5 Å². The molecule has 2 aromatic carbocycles. The van der Waals surface area contributed by atoms with Crippen LogP contribution in [0, 0.1) is 3.57 Å². The third-order valence-corrected chi connectivity index (χ3v) is 4.74. The number of hydrogen-bond donors (Lipinski definition) is 0. The van der Waals surface area contributed by atoms with Crippen molar-refractivity contribution >= 4 is 34.3 Å². The van der Waals surface area contributed by atoms with Crippen LogP contribution in [-0.2, 0) is 9.53 Å². The van der Waals surface area contributed by atoms with Crippen LogP contribution >= 0.6 is 22.6 Å². The van der Waals surface area contributed by atoms with E-state index in [0.29, 0.717) is 29.9 Å². The van der Waals surface area contributed by atoms with E-state index in [0.717, 1.165) is 3.57 Å². The van der Waals surface area contributed by atoms with E-state index >= 15 is 0 Å². The van der Waals surface area contributed by atoms with Crippen molar-refractivity contribution in [3.05, 3.63) is 57.7 Å². The van der Waals surface area contributed by atoms with Crippen LogP contribution in [-0.4, -0.2) is 32.1 Å². The molecule has 0 N–H and O–H groups in total. The number of carbonyl (C=O) groups excluding carboxylic acids is 2. The number of benzene rings is 2. The highest BCUT2D eigenvalue weighted by atomic mass is 127. The molecule has 0 spiro atoms. The van der Waals surface area contributed by atoms with Crippen LogP contribution in [0.25, 0.3) is 0 Å². The van der Waals surface area contributed by atoms with Gasteiger partial charge in [0.25, 0.3) is 0 Å². The number of hydrogen-bond acceptors (Lipinski definition) is 5. The van der Waals surface area contributed by atoms with E-state index in [1.807, 2.05) is 24.3 Å². The summed E-state index contributed by atoms with van der Waals surface area (Å²) < 4.78 is 16.7. The molecule has 5 nitrogen and oxygen atoms in total. The SMILES string of the molecule is COC(=O)CCCC(Oc1ccccc1I)C(=O)c1ccc(OC)cc1. The molecule has 0 aliphatic rings. The second-order valence-corrected chi connectivity index (χ2v) is 6.76. The summed E-state index contributed by atoms with van der Waals surface area (Å²) in [5.74, 6) is 0.910.